The minimum Gasteiger partial charge on any atom is -0.497 e. The van der Waals surface area contributed by atoms with Crippen LogP contribution in [0.3, 0.4) is 0 Å². The number of benzene rings is 1. The summed E-state index contributed by atoms with van der Waals surface area (Å²) in [5.41, 5.74) is -1.35. The van der Waals surface area contributed by atoms with Gasteiger partial charge in [0.05, 0.1) is 7.11 Å². The standard InChI is InChI=1S/C11H7F2NO3/c1-17-7-3-9(12)8(10(13)4-7)2-6(5-14)11(15)16/h2-4H,1H3,(H,15,16)/b6-2-. The molecule has 0 aliphatic rings. The van der Waals surface area contributed by atoms with Crippen LogP contribution in [0.5, 0.6) is 5.75 Å². The van der Waals surface area contributed by atoms with Gasteiger partial charge in [-0.2, -0.15) is 5.26 Å². The first-order chi connectivity index (χ1) is 7.99. The molecule has 17 heavy (non-hydrogen) atoms. The Kier molecular flexibility index (Phi) is 3.78. The van der Waals surface area contributed by atoms with Gasteiger partial charge >= 0.3 is 5.97 Å². The maximum absolute atomic E-state index is 13.4. The van der Waals surface area contributed by atoms with Crippen LogP contribution in [0, 0.1) is 23.0 Å². The van der Waals surface area contributed by atoms with E-state index in [-0.39, 0.29) is 5.75 Å². The zero-order valence-electron chi connectivity index (χ0n) is 8.70. The Balaban J connectivity index is 3.34. The normalized spacial score (nSPS) is 10.8. The van der Waals surface area contributed by atoms with Gasteiger partial charge in [-0.1, -0.05) is 0 Å². The zero-order chi connectivity index (χ0) is 13.0. The Hall–Kier alpha value is -2.42. The second kappa shape index (κ2) is 5.07. The number of nitriles is 1. The molecular weight excluding hydrogens is 232 g/mol. The summed E-state index contributed by atoms with van der Waals surface area (Å²) in [6, 6.07) is 3.12. The molecule has 0 aromatic heterocycles. The topological polar surface area (TPSA) is 70.3 Å². The monoisotopic (exact) mass is 239 g/mol. The third-order valence-corrected chi connectivity index (χ3v) is 1.93. The van der Waals surface area contributed by atoms with Crippen LogP contribution in [-0.2, 0) is 4.79 Å². The van der Waals surface area contributed by atoms with E-state index in [1.165, 1.54) is 13.2 Å². The zero-order valence-corrected chi connectivity index (χ0v) is 8.70. The molecule has 6 heteroatoms. The van der Waals surface area contributed by atoms with Gasteiger partial charge in [-0.25, -0.2) is 13.6 Å². The first-order valence-electron chi connectivity index (χ1n) is 4.37. The molecule has 0 radical (unpaired) electrons. The number of rotatable bonds is 3. The number of nitrogens with zero attached hydrogens (tertiary/aromatic N) is 1. The largest absolute Gasteiger partial charge is 0.497 e. The summed E-state index contributed by atoms with van der Waals surface area (Å²) in [5.74, 6) is -3.60. The summed E-state index contributed by atoms with van der Waals surface area (Å²) in [5, 5.41) is 17.0. The van der Waals surface area contributed by atoms with Crippen molar-refractivity contribution in [2.45, 2.75) is 0 Å². The fourth-order valence-electron chi connectivity index (χ4n) is 1.10. The van der Waals surface area contributed by atoms with Crippen LogP contribution in [0.1, 0.15) is 5.56 Å². The minimum absolute atomic E-state index is 0.0361. The number of carboxylic acids is 1. The first-order valence-corrected chi connectivity index (χ1v) is 4.37. The van der Waals surface area contributed by atoms with Crippen LogP contribution < -0.4 is 4.74 Å². The minimum atomic E-state index is -1.55. The highest BCUT2D eigenvalue weighted by atomic mass is 19.1. The highest BCUT2D eigenvalue weighted by Gasteiger charge is 2.13. The molecule has 1 aromatic carbocycles. The van der Waals surface area contributed by atoms with E-state index in [1.807, 2.05) is 0 Å². The van der Waals surface area contributed by atoms with Crippen LogP contribution in [0.4, 0.5) is 8.78 Å². The van der Waals surface area contributed by atoms with Gasteiger partial charge in [0.2, 0.25) is 0 Å². The van der Waals surface area contributed by atoms with E-state index in [4.69, 9.17) is 10.4 Å². The molecule has 1 aromatic rings. The summed E-state index contributed by atoms with van der Waals surface area (Å²) in [6.45, 7) is 0. The third-order valence-electron chi connectivity index (χ3n) is 1.93. The molecule has 0 aliphatic carbocycles. The summed E-state index contributed by atoms with van der Waals surface area (Å²) in [6.07, 6.45) is 0.631. The van der Waals surface area contributed by atoms with E-state index in [0.717, 1.165) is 12.1 Å². The van der Waals surface area contributed by atoms with E-state index < -0.39 is 28.7 Å². The Morgan fingerprint density at radius 1 is 1.47 bits per heavy atom. The molecule has 0 saturated heterocycles. The fraction of sp³-hybridized carbons (Fsp3) is 0.0909. The molecule has 4 nitrogen and oxygen atoms in total. The van der Waals surface area contributed by atoms with Crippen molar-refractivity contribution in [1.29, 1.82) is 5.26 Å². The second-order valence-corrected chi connectivity index (χ2v) is 2.98. The lowest BCUT2D eigenvalue weighted by molar-refractivity contribution is -0.132. The van der Waals surface area contributed by atoms with Crippen LogP contribution in [0.15, 0.2) is 17.7 Å². The molecular formula is C11H7F2NO3. The van der Waals surface area contributed by atoms with Crippen molar-refractivity contribution in [3.8, 4) is 11.8 Å². The van der Waals surface area contributed by atoms with Crippen molar-refractivity contribution in [2.75, 3.05) is 7.11 Å². The summed E-state index contributed by atoms with van der Waals surface area (Å²) < 4.78 is 31.4. The molecule has 0 saturated carbocycles. The van der Waals surface area contributed by atoms with Crippen molar-refractivity contribution >= 4 is 12.0 Å². The number of halogens is 2. The highest BCUT2D eigenvalue weighted by Crippen LogP contribution is 2.22. The molecule has 0 aliphatic heterocycles. The lowest BCUT2D eigenvalue weighted by Gasteiger charge is -2.04. The predicted octanol–water partition coefficient (Wildman–Crippen LogP) is 1.96. The van der Waals surface area contributed by atoms with E-state index in [0.29, 0.717) is 6.08 Å². The Labute approximate surface area is 95.4 Å². The van der Waals surface area contributed by atoms with Crippen molar-refractivity contribution in [3.63, 3.8) is 0 Å². The Morgan fingerprint density at radius 3 is 2.35 bits per heavy atom. The molecule has 0 fully saturated rings. The summed E-state index contributed by atoms with van der Waals surface area (Å²) in [4.78, 5) is 10.5. The van der Waals surface area contributed by atoms with Crippen LogP contribution in [0.25, 0.3) is 6.08 Å². The number of methoxy groups -OCH3 is 1. The van der Waals surface area contributed by atoms with Gasteiger partial charge in [-0.3, -0.25) is 0 Å². The maximum Gasteiger partial charge on any atom is 0.346 e. The Morgan fingerprint density at radius 2 is 2.00 bits per heavy atom. The smallest absolute Gasteiger partial charge is 0.346 e. The highest BCUT2D eigenvalue weighted by molar-refractivity contribution is 5.96. The van der Waals surface area contributed by atoms with Gasteiger partial charge in [-0.05, 0) is 6.08 Å². The van der Waals surface area contributed by atoms with Crippen molar-refractivity contribution in [1.82, 2.24) is 0 Å². The lowest BCUT2D eigenvalue weighted by Crippen LogP contribution is -1.99. The average Bonchev–Trinajstić information content (AvgIpc) is 2.27. The molecule has 0 amide bonds. The van der Waals surface area contributed by atoms with Gasteiger partial charge in [0.15, 0.2) is 0 Å². The predicted molar refractivity (Wildman–Crippen MR) is 54.1 cm³/mol. The fourth-order valence-corrected chi connectivity index (χ4v) is 1.10. The molecule has 1 rings (SSSR count). The van der Waals surface area contributed by atoms with E-state index >= 15 is 0 Å². The van der Waals surface area contributed by atoms with E-state index in [2.05, 4.69) is 4.74 Å². The third kappa shape index (κ3) is 2.78. The first kappa shape index (κ1) is 12.6. The number of aliphatic carboxylic acids is 1. The van der Waals surface area contributed by atoms with Crippen molar-refractivity contribution < 1.29 is 23.4 Å². The van der Waals surface area contributed by atoms with Gasteiger partial charge in [0.25, 0.3) is 0 Å². The second-order valence-electron chi connectivity index (χ2n) is 2.98. The number of carbonyl (C=O) groups is 1. The molecule has 88 valence electrons. The number of hydrogen-bond donors (Lipinski definition) is 1. The van der Waals surface area contributed by atoms with E-state index in [9.17, 15) is 13.6 Å². The molecule has 0 bridgehead atoms. The van der Waals surface area contributed by atoms with E-state index in [1.54, 1.807) is 0 Å². The van der Waals surface area contributed by atoms with Crippen LogP contribution in [-0.4, -0.2) is 18.2 Å². The van der Waals surface area contributed by atoms with Gasteiger partial charge in [0.1, 0.15) is 29.0 Å². The van der Waals surface area contributed by atoms with Gasteiger partial charge in [0, 0.05) is 17.7 Å². The SMILES string of the molecule is COc1cc(F)c(/C=C(/C#N)C(=O)O)c(F)c1. The van der Waals surface area contributed by atoms with Gasteiger partial charge in [-0.15, -0.1) is 0 Å². The van der Waals surface area contributed by atoms with Crippen LogP contribution in [0.2, 0.25) is 0 Å². The molecule has 1 N–H and O–H groups in total. The van der Waals surface area contributed by atoms with Crippen LogP contribution >= 0.6 is 0 Å². The Bertz CT molecular complexity index is 509. The lowest BCUT2D eigenvalue weighted by atomic mass is 10.1. The molecule has 0 atom stereocenters. The summed E-state index contributed by atoms with van der Waals surface area (Å²) in [7, 11) is 1.24. The number of ether oxygens (including phenoxy) is 1. The number of hydrogen-bond acceptors (Lipinski definition) is 3. The number of carboxylic acid groups (broad SMARTS) is 1. The maximum atomic E-state index is 13.4. The molecule has 0 unspecified atom stereocenters. The molecule has 0 heterocycles. The molecule has 0 spiro atoms. The van der Waals surface area contributed by atoms with Crippen molar-refractivity contribution in [2.24, 2.45) is 0 Å². The average molecular weight is 239 g/mol. The van der Waals surface area contributed by atoms with Crippen molar-refractivity contribution in [3.05, 3.63) is 34.9 Å². The quantitative estimate of drug-likeness (QED) is 0.646. The van der Waals surface area contributed by atoms with Gasteiger partial charge < -0.3 is 9.84 Å². The summed E-state index contributed by atoms with van der Waals surface area (Å²) >= 11 is 0.